The normalized spacial score (nSPS) is 20.0. The van der Waals surface area contributed by atoms with Gasteiger partial charge in [0.15, 0.2) is 0 Å². The highest BCUT2D eigenvalue weighted by Gasteiger charge is 2.20. The first-order valence-corrected chi connectivity index (χ1v) is 9.14. The maximum atomic E-state index is 12.3. The monoisotopic (exact) mass is 351 g/mol. The molecule has 1 amide bonds. The average Bonchev–Trinajstić information content (AvgIpc) is 2.86. The zero-order chi connectivity index (χ0) is 15.9. The van der Waals surface area contributed by atoms with Crippen molar-refractivity contribution in [3.63, 3.8) is 0 Å². The molecule has 0 unspecified atom stereocenters. The summed E-state index contributed by atoms with van der Waals surface area (Å²) < 4.78 is 0. The number of carbonyl (C=O) groups excluding carboxylic acids is 1. The van der Waals surface area contributed by atoms with Gasteiger partial charge < -0.3 is 10.6 Å². The number of hydrogen-bond donors (Lipinski definition) is 2. The molecule has 0 bridgehead atoms. The molecule has 1 aromatic rings. The molecule has 2 fully saturated rings. The lowest BCUT2D eigenvalue weighted by molar-refractivity contribution is -0.120. The van der Waals surface area contributed by atoms with Gasteiger partial charge in [0.25, 0.3) is 0 Å². The number of rotatable bonds is 4. The highest BCUT2D eigenvalue weighted by molar-refractivity contribution is 5.92. The zero-order valence-corrected chi connectivity index (χ0v) is 15.2. The van der Waals surface area contributed by atoms with Crippen LogP contribution in [0.15, 0.2) is 24.3 Å². The van der Waals surface area contributed by atoms with E-state index < -0.39 is 0 Å². The van der Waals surface area contributed by atoms with Crippen molar-refractivity contribution in [2.45, 2.75) is 45.1 Å². The Morgan fingerprint density at radius 2 is 1.67 bits per heavy atom. The third-order valence-corrected chi connectivity index (χ3v) is 5.04. The summed E-state index contributed by atoms with van der Waals surface area (Å²) >= 11 is 0. The Morgan fingerprint density at radius 1 is 1.04 bits per heavy atom. The molecule has 0 aromatic heterocycles. The van der Waals surface area contributed by atoms with Gasteiger partial charge in [-0.1, -0.05) is 25.0 Å². The number of nitrogens with one attached hydrogen (secondary N) is 2. The van der Waals surface area contributed by atoms with Gasteiger partial charge in [-0.15, -0.1) is 12.4 Å². The molecule has 3 rings (SSSR count). The summed E-state index contributed by atoms with van der Waals surface area (Å²) in [5.74, 6) is 0.333. The van der Waals surface area contributed by atoms with Crippen molar-refractivity contribution < 1.29 is 4.79 Å². The second-order valence-electron chi connectivity index (χ2n) is 6.90. The van der Waals surface area contributed by atoms with Crippen LogP contribution in [0.2, 0.25) is 0 Å². The summed E-state index contributed by atoms with van der Waals surface area (Å²) in [6, 6.07) is 8.41. The minimum atomic E-state index is 0. The molecule has 0 radical (unpaired) electrons. The number of anilines is 1. The number of likely N-dealkylation sites (tertiary alicyclic amines) is 1. The quantitative estimate of drug-likeness (QED) is 0.873. The number of halogens is 1. The predicted octanol–water partition coefficient (Wildman–Crippen LogP) is 3.42. The summed E-state index contributed by atoms with van der Waals surface area (Å²) in [5, 5.41) is 6.37. The zero-order valence-electron chi connectivity index (χ0n) is 14.4. The molecule has 2 N–H and O–H groups in total. The molecule has 0 atom stereocenters. The summed E-state index contributed by atoms with van der Waals surface area (Å²) in [7, 11) is 0. The van der Waals surface area contributed by atoms with E-state index in [0.717, 1.165) is 38.2 Å². The predicted molar refractivity (Wildman–Crippen MR) is 102 cm³/mol. The highest BCUT2D eigenvalue weighted by Crippen LogP contribution is 2.18. The number of hydrogen-bond acceptors (Lipinski definition) is 3. The number of benzene rings is 1. The largest absolute Gasteiger partial charge is 0.326 e. The van der Waals surface area contributed by atoms with Gasteiger partial charge in [-0.2, -0.15) is 0 Å². The molecule has 134 valence electrons. The van der Waals surface area contributed by atoms with Gasteiger partial charge in [-0.25, -0.2) is 0 Å². The Balaban J connectivity index is 0.00000208. The summed E-state index contributed by atoms with van der Waals surface area (Å²) in [4.78, 5) is 14.8. The second kappa shape index (κ2) is 10.0. The first-order chi connectivity index (χ1) is 11.3. The van der Waals surface area contributed by atoms with Crippen LogP contribution in [0.4, 0.5) is 5.69 Å². The Kier molecular flexibility index (Phi) is 8.03. The van der Waals surface area contributed by atoms with Crippen LogP contribution in [-0.2, 0) is 11.3 Å². The van der Waals surface area contributed by atoms with Gasteiger partial charge in [0.2, 0.25) is 5.91 Å². The minimum Gasteiger partial charge on any atom is -0.326 e. The van der Waals surface area contributed by atoms with Crippen molar-refractivity contribution in [2.24, 2.45) is 5.92 Å². The maximum absolute atomic E-state index is 12.3. The smallest absolute Gasteiger partial charge is 0.227 e. The molecule has 0 aliphatic carbocycles. The van der Waals surface area contributed by atoms with Crippen LogP contribution in [0.1, 0.15) is 44.1 Å². The molecule has 2 aliphatic heterocycles. The van der Waals surface area contributed by atoms with Gasteiger partial charge in [0.1, 0.15) is 0 Å². The van der Waals surface area contributed by atoms with E-state index >= 15 is 0 Å². The third kappa shape index (κ3) is 5.76. The molecule has 2 aliphatic rings. The summed E-state index contributed by atoms with van der Waals surface area (Å²) in [6.07, 6.45) is 7.28. The molecular formula is C19H30ClN3O. The van der Waals surface area contributed by atoms with Crippen LogP contribution < -0.4 is 10.6 Å². The Bertz CT molecular complexity index is 492. The van der Waals surface area contributed by atoms with Crippen molar-refractivity contribution in [1.82, 2.24) is 10.2 Å². The van der Waals surface area contributed by atoms with Crippen LogP contribution in [-0.4, -0.2) is 37.0 Å². The van der Waals surface area contributed by atoms with Gasteiger partial charge >= 0.3 is 0 Å². The van der Waals surface area contributed by atoms with Gasteiger partial charge in [-0.05, 0) is 69.6 Å². The van der Waals surface area contributed by atoms with Crippen LogP contribution in [0.25, 0.3) is 0 Å². The number of piperidine rings is 1. The number of amides is 1. The fourth-order valence-electron chi connectivity index (χ4n) is 3.57. The standard InChI is InChI=1S/C19H29N3O.ClH/c23-19(17-9-11-20-12-10-17)21-18-7-5-16(6-8-18)15-22-13-3-1-2-4-14-22;/h5-8,17,20H,1-4,9-15H2,(H,21,23);1H. The molecule has 2 heterocycles. The Hall–Kier alpha value is -1.10. The van der Waals surface area contributed by atoms with E-state index in [1.54, 1.807) is 0 Å². The second-order valence-corrected chi connectivity index (χ2v) is 6.90. The van der Waals surface area contributed by atoms with Crippen LogP contribution in [0.3, 0.4) is 0 Å². The van der Waals surface area contributed by atoms with E-state index in [-0.39, 0.29) is 24.2 Å². The minimum absolute atomic E-state index is 0. The average molecular weight is 352 g/mol. The maximum Gasteiger partial charge on any atom is 0.227 e. The van der Waals surface area contributed by atoms with E-state index in [2.05, 4.69) is 27.7 Å². The van der Waals surface area contributed by atoms with Crippen molar-refractivity contribution in [3.05, 3.63) is 29.8 Å². The lowest BCUT2D eigenvalue weighted by atomic mass is 9.97. The fourth-order valence-corrected chi connectivity index (χ4v) is 3.57. The summed E-state index contributed by atoms with van der Waals surface area (Å²) in [5.41, 5.74) is 2.26. The summed E-state index contributed by atoms with van der Waals surface area (Å²) in [6.45, 7) is 5.37. The van der Waals surface area contributed by atoms with Gasteiger partial charge in [0, 0.05) is 18.2 Å². The van der Waals surface area contributed by atoms with Crippen LogP contribution >= 0.6 is 12.4 Å². The highest BCUT2D eigenvalue weighted by atomic mass is 35.5. The van der Waals surface area contributed by atoms with E-state index in [9.17, 15) is 4.79 Å². The first kappa shape index (κ1) is 19.2. The molecule has 1 aromatic carbocycles. The number of carbonyl (C=O) groups is 1. The van der Waals surface area contributed by atoms with E-state index in [1.807, 2.05) is 12.1 Å². The molecular weight excluding hydrogens is 322 g/mol. The van der Waals surface area contributed by atoms with Crippen molar-refractivity contribution >= 4 is 24.0 Å². The molecule has 4 nitrogen and oxygen atoms in total. The molecule has 0 spiro atoms. The van der Waals surface area contributed by atoms with E-state index in [0.29, 0.717) is 0 Å². The van der Waals surface area contributed by atoms with Crippen LogP contribution in [0, 0.1) is 5.92 Å². The SMILES string of the molecule is Cl.O=C(Nc1ccc(CN2CCCCCC2)cc1)C1CCNCC1. The molecule has 24 heavy (non-hydrogen) atoms. The Labute approximate surface area is 151 Å². The lowest BCUT2D eigenvalue weighted by Gasteiger charge is -2.22. The fraction of sp³-hybridized carbons (Fsp3) is 0.632. The van der Waals surface area contributed by atoms with E-state index in [4.69, 9.17) is 0 Å². The lowest BCUT2D eigenvalue weighted by Crippen LogP contribution is -2.34. The Morgan fingerprint density at radius 3 is 2.29 bits per heavy atom. The molecule has 2 saturated heterocycles. The molecule has 0 saturated carbocycles. The topological polar surface area (TPSA) is 44.4 Å². The first-order valence-electron chi connectivity index (χ1n) is 9.14. The van der Waals surface area contributed by atoms with Gasteiger partial charge in [0.05, 0.1) is 0 Å². The third-order valence-electron chi connectivity index (χ3n) is 5.04. The van der Waals surface area contributed by atoms with Crippen molar-refractivity contribution in [2.75, 3.05) is 31.5 Å². The van der Waals surface area contributed by atoms with E-state index in [1.165, 1.54) is 44.3 Å². The number of nitrogens with zero attached hydrogens (tertiary/aromatic N) is 1. The van der Waals surface area contributed by atoms with Crippen molar-refractivity contribution in [3.8, 4) is 0 Å². The van der Waals surface area contributed by atoms with Crippen molar-refractivity contribution in [1.29, 1.82) is 0 Å². The molecule has 5 heteroatoms. The van der Waals surface area contributed by atoms with Gasteiger partial charge in [-0.3, -0.25) is 9.69 Å². The van der Waals surface area contributed by atoms with Crippen LogP contribution in [0.5, 0.6) is 0 Å².